The van der Waals surface area contributed by atoms with Crippen LogP contribution in [0.3, 0.4) is 0 Å². The first kappa shape index (κ1) is 30.0. The van der Waals surface area contributed by atoms with Crippen molar-refractivity contribution in [3.8, 4) is 0 Å². The van der Waals surface area contributed by atoms with E-state index in [0.717, 1.165) is 33.2 Å². The third-order valence-electron chi connectivity index (χ3n) is 10.5. The molecule has 2 aromatic heterocycles. The van der Waals surface area contributed by atoms with Crippen LogP contribution in [0.2, 0.25) is 33.2 Å². The molecule has 0 saturated carbocycles. The maximum absolute atomic E-state index is 2.62. The Morgan fingerprint density at radius 2 is 0.711 bits per heavy atom. The number of benzene rings is 2. The van der Waals surface area contributed by atoms with Crippen LogP contribution in [0.1, 0.15) is 94.2 Å². The molecule has 0 spiro atoms. The molecule has 4 aromatic rings. The molecule has 208 valence electrons. The van der Waals surface area contributed by atoms with Crippen LogP contribution < -0.4 is 9.00 Å². The minimum Gasteiger partial charge on any atom is -0.145 e. The van der Waals surface area contributed by atoms with E-state index in [0.29, 0.717) is 0 Å². The van der Waals surface area contributed by atoms with Crippen molar-refractivity contribution < 1.29 is 0 Å². The predicted octanol–water partition coefficient (Wildman–Crippen LogP) is 11.7. The second kappa shape index (κ2) is 10.5. The molecule has 0 aliphatic carbocycles. The average Bonchev–Trinajstić information content (AvgIpc) is 3.39. The van der Waals surface area contributed by atoms with Crippen LogP contribution in [-0.4, -0.2) is 16.1 Å². The molecule has 0 N–H and O–H groups in total. The fraction of sp³-hybridized carbons (Fsp3) is 0.588. The fourth-order valence-electron chi connectivity index (χ4n) is 9.08. The zero-order chi connectivity index (χ0) is 28.5. The Balaban J connectivity index is 2.02. The van der Waals surface area contributed by atoms with E-state index < -0.39 is 16.1 Å². The number of rotatable bonds is 8. The van der Waals surface area contributed by atoms with Crippen LogP contribution in [-0.2, 0) is 0 Å². The van der Waals surface area contributed by atoms with Gasteiger partial charge in [0, 0.05) is 9.40 Å². The van der Waals surface area contributed by atoms with Gasteiger partial charge < -0.3 is 0 Å². The van der Waals surface area contributed by atoms with Crippen molar-refractivity contribution in [2.75, 3.05) is 0 Å². The van der Waals surface area contributed by atoms with Gasteiger partial charge in [-0.1, -0.05) is 83.1 Å². The highest BCUT2D eigenvalue weighted by Crippen LogP contribution is 2.46. The Bertz CT molecular complexity index is 1310. The van der Waals surface area contributed by atoms with E-state index >= 15 is 0 Å². The van der Waals surface area contributed by atoms with Gasteiger partial charge in [-0.2, -0.15) is 0 Å². The van der Waals surface area contributed by atoms with Gasteiger partial charge in [-0.15, -0.1) is 22.7 Å². The second-order valence-corrected chi connectivity index (χ2v) is 28.5. The Labute approximate surface area is 243 Å². The largest absolute Gasteiger partial charge is 0.145 e. The van der Waals surface area contributed by atoms with Gasteiger partial charge in [0.25, 0.3) is 0 Å². The van der Waals surface area contributed by atoms with Crippen molar-refractivity contribution >= 4 is 78.8 Å². The van der Waals surface area contributed by atoms with Crippen LogP contribution in [0.4, 0.5) is 0 Å². The third kappa shape index (κ3) is 4.14. The summed E-state index contributed by atoms with van der Waals surface area (Å²) in [6, 6.07) is 10.3. The van der Waals surface area contributed by atoms with Crippen molar-refractivity contribution in [1.29, 1.82) is 0 Å². The molecular weight excluding hydrogens is 529 g/mol. The molecule has 0 saturated heterocycles. The molecule has 0 unspecified atom stereocenters. The van der Waals surface area contributed by atoms with Crippen molar-refractivity contribution in [3.63, 3.8) is 0 Å². The van der Waals surface area contributed by atoms with Gasteiger partial charge in [0.05, 0.1) is 0 Å². The van der Waals surface area contributed by atoms with E-state index in [1.54, 1.807) is 9.00 Å². The number of fused-ring (bicyclic) bond motifs is 3. The van der Waals surface area contributed by atoms with Gasteiger partial charge in [0.15, 0.2) is 0 Å². The molecule has 4 heteroatoms. The zero-order valence-electron chi connectivity index (χ0n) is 26.6. The summed E-state index contributed by atoms with van der Waals surface area (Å²) in [5.41, 5.74) is 7.42. The summed E-state index contributed by atoms with van der Waals surface area (Å²) in [5, 5.41) is 5.89. The fourth-order valence-corrected chi connectivity index (χ4v) is 29.4. The smallest absolute Gasteiger partial charge is 0.107 e. The highest BCUT2D eigenvalue weighted by molar-refractivity contribution is 7.33. The molecule has 0 aliphatic rings. The predicted molar refractivity (Wildman–Crippen MR) is 186 cm³/mol. The topological polar surface area (TPSA) is 0 Å². The minimum absolute atomic E-state index is 0.739. The van der Waals surface area contributed by atoms with Crippen LogP contribution in [0, 0.1) is 13.8 Å². The van der Waals surface area contributed by atoms with Gasteiger partial charge >= 0.3 is 0 Å². The summed E-state index contributed by atoms with van der Waals surface area (Å²) < 4.78 is 6.48. The van der Waals surface area contributed by atoms with Crippen LogP contribution in [0.5, 0.6) is 0 Å². The Hall–Kier alpha value is -0.946. The van der Waals surface area contributed by atoms with Crippen molar-refractivity contribution in [1.82, 2.24) is 0 Å². The van der Waals surface area contributed by atoms with Crippen LogP contribution in [0.25, 0.3) is 30.9 Å². The molecule has 0 atom stereocenters. The standard InChI is InChI=1S/C34H52S2Si2/c1-19(2)37(20(3)4,21(5)6)31-17-27-15-29-26(14)34-28(16-30(29)25(13)33(27)35-31)18-32(36-34)38(22(7)8,23(9)10)24(11)12/h15-24H,1-14H3. The van der Waals surface area contributed by atoms with Gasteiger partial charge in [-0.25, -0.2) is 0 Å². The van der Waals surface area contributed by atoms with Gasteiger partial charge in [-0.3, -0.25) is 0 Å². The lowest BCUT2D eigenvalue weighted by Crippen LogP contribution is -2.54. The summed E-state index contributed by atoms with van der Waals surface area (Å²) >= 11 is 4.27. The van der Waals surface area contributed by atoms with Crippen LogP contribution >= 0.6 is 22.7 Å². The number of hydrogen-bond acceptors (Lipinski definition) is 2. The lowest BCUT2D eigenvalue weighted by atomic mass is 9.98. The molecule has 4 rings (SSSR count). The van der Waals surface area contributed by atoms with E-state index in [9.17, 15) is 0 Å². The molecule has 0 nitrogen and oxygen atoms in total. The van der Waals surface area contributed by atoms with E-state index in [2.05, 4.69) is 144 Å². The van der Waals surface area contributed by atoms with Crippen molar-refractivity contribution in [3.05, 3.63) is 35.4 Å². The van der Waals surface area contributed by atoms with Crippen molar-refractivity contribution in [2.24, 2.45) is 0 Å². The first-order valence-electron chi connectivity index (χ1n) is 15.0. The monoisotopic (exact) mass is 580 g/mol. The van der Waals surface area contributed by atoms with E-state index in [1.807, 2.05) is 0 Å². The molecule has 0 radical (unpaired) electrons. The van der Waals surface area contributed by atoms with E-state index in [-0.39, 0.29) is 0 Å². The Morgan fingerprint density at radius 1 is 0.447 bits per heavy atom. The Kier molecular flexibility index (Phi) is 8.27. The molecular formula is C34H52S2Si2. The molecule has 2 aromatic carbocycles. The quantitative estimate of drug-likeness (QED) is 0.182. The summed E-state index contributed by atoms with van der Waals surface area (Å²) in [5.74, 6) is 0. The van der Waals surface area contributed by atoms with Gasteiger partial charge in [0.2, 0.25) is 0 Å². The lowest BCUT2D eigenvalue weighted by Gasteiger charge is -2.42. The SMILES string of the molecule is Cc1c2cc3cc([Si](C(C)C)(C(C)C)C(C)C)sc3c(C)c2cc2cc([Si](C(C)C)(C(C)C)C(C)C)sc12. The first-order chi connectivity index (χ1) is 17.6. The highest BCUT2D eigenvalue weighted by atomic mass is 32.1. The third-order valence-corrected chi connectivity index (χ3v) is 28.8. The van der Waals surface area contributed by atoms with Crippen molar-refractivity contribution in [2.45, 2.75) is 130 Å². The normalized spacial score (nSPS) is 13.9. The van der Waals surface area contributed by atoms with Crippen LogP contribution in [0.15, 0.2) is 24.3 Å². The van der Waals surface area contributed by atoms with Gasteiger partial charge in [-0.05, 0) is 113 Å². The van der Waals surface area contributed by atoms with E-state index in [4.69, 9.17) is 0 Å². The number of aryl methyl sites for hydroxylation is 2. The molecule has 0 bridgehead atoms. The number of thiophene rings is 2. The summed E-state index contributed by atoms with van der Waals surface area (Å²) in [4.78, 5) is 0. The average molecular weight is 581 g/mol. The molecule has 2 heterocycles. The van der Waals surface area contributed by atoms with E-state index in [1.165, 1.54) is 42.1 Å². The first-order valence-corrected chi connectivity index (χ1v) is 21.1. The molecule has 0 amide bonds. The molecule has 0 aliphatic heterocycles. The second-order valence-electron chi connectivity index (χ2n) is 14.0. The maximum atomic E-state index is 2.62. The summed E-state index contributed by atoms with van der Waals surface area (Å²) in [6.45, 7) is 34.7. The Morgan fingerprint density at radius 3 is 0.947 bits per heavy atom. The summed E-state index contributed by atoms with van der Waals surface area (Å²) in [6.07, 6.45) is 0. The highest BCUT2D eigenvalue weighted by Gasteiger charge is 2.46. The molecule has 0 fully saturated rings. The number of hydrogen-bond donors (Lipinski definition) is 0. The maximum Gasteiger partial charge on any atom is 0.107 e. The zero-order valence-corrected chi connectivity index (χ0v) is 30.2. The lowest BCUT2D eigenvalue weighted by molar-refractivity contribution is 0.837. The van der Waals surface area contributed by atoms with Gasteiger partial charge in [0.1, 0.15) is 16.1 Å². The summed E-state index contributed by atoms with van der Waals surface area (Å²) in [7, 11) is -3.34. The minimum atomic E-state index is -1.67. The molecule has 38 heavy (non-hydrogen) atoms.